The highest BCUT2D eigenvalue weighted by atomic mass is 79.9. The van der Waals surface area contributed by atoms with Crippen molar-refractivity contribution in [3.05, 3.63) is 110 Å². The Morgan fingerprint density at radius 3 is 2.26 bits per heavy atom. The van der Waals surface area contributed by atoms with Crippen LogP contribution in [-0.4, -0.2) is 29.8 Å². The van der Waals surface area contributed by atoms with E-state index in [9.17, 15) is 24.5 Å². The van der Waals surface area contributed by atoms with Crippen molar-refractivity contribution in [2.75, 3.05) is 12.4 Å². The third-order valence-electron chi connectivity index (χ3n) is 4.56. The van der Waals surface area contributed by atoms with Gasteiger partial charge in [-0.05, 0) is 66.2 Å². The second kappa shape index (κ2) is 11.0. The first-order chi connectivity index (χ1) is 16.3. The summed E-state index contributed by atoms with van der Waals surface area (Å²) < 4.78 is 5.47. The van der Waals surface area contributed by atoms with E-state index in [1.54, 1.807) is 36.4 Å². The number of methoxy groups -OCH3 is 1. The summed E-state index contributed by atoms with van der Waals surface area (Å²) in [6.45, 7) is 0. The number of nitro groups is 1. The molecule has 0 unspecified atom stereocenters. The maximum Gasteiger partial charge on any atom is 0.337 e. The van der Waals surface area contributed by atoms with Crippen LogP contribution in [0.2, 0.25) is 0 Å². The molecule has 0 bridgehead atoms. The third kappa shape index (κ3) is 6.36. The predicted molar refractivity (Wildman–Crippen MR) is 129 cm³/mol. The second-order valence-corrected chi connectivity index (χ2v) is 7.81. The summed E-state index contributed by atoms with van der Waals surface area (Å²) in [7, 11) is 1.25. The lowest BCUT2D eigenvalue weighted by Crippen LogP contribution is -2.30. The molecule has 0 saturated heterocycles. The van der Waals surface area contributed by atoms with E-state index in [1.807, 2.05) is 0 Å². The third-order valence-corrected chi connectivity index (χ3v) is 5.08. The van der Waals surface area contributed by atoms with Gasteiger partial charge in [0.1, 0.15) is 5.70 Å². The van der Waals surface area contributed by atoms with Crippen molar-refractivity contribution in [1.82, 2.24) is 5.32 Å². The lowest BCUT2D eigenvalue weighted by molar-refractivity contribution is -0.384. The molecule has 10 heteroatoms. The number of benzene rings is 3. The van der Waals surface area contributed by atoms with Crippen LogP contribution in [0.15, 0.2) is 83.0 Å². The number of carbonyl (C=O) groups is 3. The lowest BCUT2D eigenvalue weighted by Gasteiger charge is -2.12. The SMILES string of the molecule is COC(=O)c1cccc(NC(=O)C(=Cc2ccc([N+](=O)[O-])cc2)NC(=O)c2ccc(Br)cc2)c1. The molecule has 0 spiro atoms. The van der Waals surface area contributed by atoms with Gasteiger partial charge in [-0.25, -0.2) is 4.79 Å². The molecular formula is C24H18BrN3O6. The van der Waals surface area contributed by atoms with Crippen LogP contribution in [0.25, 0.3) is 6.08 Å². The van der Waals surface area contributed by atoms with Gasteiger partial charge in [0.15, 0.2) is 0 Å². The Morgan fingerprint density at radius 2 is 1.65 bits per heavy atom. The molecule has 0 aliphatic heterocycles. The lowest BCUT2D eigenvalue weighted by atomic mass is 10.1. The van der Waals surface area contributed by atoms with Crippen molar-refractivity contribution in [1.29, 1.82) is 0 Å². The molecular weight excluding hydrogens is 506 g/mol. The normalized spacial score (nSPS) is 10.8. The van der Waals surface area contributed by atoms with Crippen LogP contribution in [0.5, 0.6) is 0 Å². The second-order valence-electron chi connectivity index (χ2n) is 6.89. The molecule has 172 valence electrons. The van der Waals surface area contributed by atoms with Gasteiger partial charge in [0.05, 0.1) is 17.6 Å². The molecule has 2 N–H and O–H groups in total. The van der Waals surface area contributed by atoms with Gasteiger partial charge in [-0.1, -0.05) is 22.0 Å². The first kappa shape index (κ1) is 24.3. The number of nitrogens with one attached hydrogen (secondary N) is 2. The van der Waals surface area contributed by atoms with E-state index in [2.05, 4.69) is 31.3 Å². The first-order valence-corrected chi connectivity index (χ1v) is 10.6. The van der Waals surface area contributed by atoms with Crippen molar-refractivity contribution in [3.63, 3.8) is 0 Å². The number of esters is 1. The number of ether oxygens (including phenoxy) is 1. The minimum atomic E-state index is -0.661. The summed E-state index contributed by atoms with van der Waals surface area (Å²) in [5.74, 6) is -1.76. The number of nitro benzene ring substituents is 1. The zero-order chi connectivity index (χ0) is 24.7. The van der Waals surface area contributed by atoms with Crippen molar-refractivity contribution >= 4 is 51.2 Å². The summed E-state index contributed by atoms with van der Waals surface area (Å²) in [5.41, 5.74) is 1.10. The fraction of sp³-hybridized carbons (Fsp3) is 0.0417. The summed E-state index contributed by atoms with van der Waals surface area (Å²) >= 11 is 3.30. The van der Waals surface area contributed by atoms with Gasteiger partial charge in [-0.15, -0.1) is 0 Å². The Hall–Kier alpha value is -4.31. The molecule has 3 aromatic carbocycles. The minimum absolute atomic E-state index is 0.106. The maximum absolute atomic E-state index is 13.0. The Bertz CT molecular complexity index is 1270. The molecule has 0 aliphatic rings. The van der Waals surface area contributed by atoms with Gasteiger partial charge < -0.3 is 15.4 Å². The van der Waals surface area contributed by atoms with Crippen molar-refractivity contribution in [2.24, 2.45) is 0 Å². The van der Waals surface area contributed by atoms with Gasteiger partial charge in [-0.2, -0.15) is 0 Å². The first-order valence-electron chi connectivity index (χ1n) is 9.79. The van der Waals surface area contributed by atoms with Crippen LogP contribution < -0.4 is 10.6 Å². The Balaban J connectivity index is 1.90. The van der Waals surface area contributed by atoms with Crippen molar-refractivity contribution < 1.29 is 24.0 Å². The highest BCUT2D eigenvalue weighted by molar-refractivity contribution is 9.10. The number of carbonyl (C=O) groups excluding carboxylic acids is 3. The summed E-state index contributed by atoms with van der Waals surface area (Å²) in [6.07, 6.45) is 1.39. The van der Waals surface area contributed by atoms with E-state index in [0.29, 0.717) is 16.8 Å². The number of hydrogen-bond acceptors (Lipinski definition) is 6. The van der Waals surface area contributed by atoms with E-state index in [0.717, 1.165) is 4.47 Å². The number of amides is 2. The van der Waals surface area contributed by atoms with Crippen molar-refractivity contribution in [3.8, 4) is 0 Å². The molecule has 0 atom stereocenters. The number of anilines is 1. The largest absolute Gasteiger partial charge is 0.465 e. The summed E-state index contributed by atoms with van der Waals surface area (Å²) in [6, 6.07) is 18.1. The van der Waals surface area contributed by atoms with Crippen LogP contribution in [0.4, 0.5) is 11.4 Å². The Kier molecular flexibility index (Phi) is 7.88. The van der Waals surface area contributed by atoms with Gasteiger partial charge in [0.2, 0.25) is 0 Å². The Labute approximate surface area is 202 Å². The average Bonchev–Trinajstić information content (AvgIpc) is 2.84. The highest BCUT2D eigenvalue weighted by Gasteiger charge is 2.16. The predicted octanol–water partition coefficient (Wildman–Crippen LogP) is 4.55. The molecule has 3 aromatic rings. The van der Waals surface area contributed by atoms with Crippen LogP contribution in [0, 0.1) is 10.1 Å². The fourth-order valence-electron chi connectivity index (χ4n) is 2.85. The molecule has 9 nitrogen and oxygen atoms in total. The molecule has 0 saturated carbocycles. The van der Waals surface area contributed by atoms with Crippen LogP contribution >= 0.6 is 15.9 Å². The monoisotopic (exact) mass is 523 g/mol. The Morgan fingerprint density at radius 1 is 0.971 bits per heavy atom. The van der Waals surface area contributed by atoms with Crippen molar-refractivity contribution in [2.45, 2.75) is 0 Å². The number of hydrogen-bond donors (Lipinski definition) is 2. The van der Waals surface area contributed by atoms with Gasteiger partial charge in [-0.3, -0.25) is 19.7 Å². The number of non-ortho nitro benzene ring substituents is 1. The highest BCUT2D eigenvalue weighted by Crippen LogP contribution is 2.17. The quantitative estimate of drug-likeness (QED) is 0.202. The number of halogens is 1. The van der Waals surface area contributed by atoms with E-state index in [1.165, 1.54) is 49.6 Å². The van der Waals surface area contributed by atoms with Crippen LogP contribution in [0.1, 0.15) is 26.3 Å². The summed E-state index contributed by atoms with van der Waals surface area (Å²) in [4.78, 5) is 47.9. The van der Waals surface area contributed by atoms with Gasteiger partial charge >= 0.3 is 5.97 Å². The summed E-state index contributed by atoms with van der Waals surface area (Å²) in [5, 5.41) is 16.1. The molecule has 0 heterocycles. The molecule has 0 fully saturated rings. The van der Waals surface area contributed by atoms with E-state index < -0.39 is 22.7 Å². The zero-order valence-electron chi connectivity index (χ0n) is 17.8. The maximum atomic E-state index is 13.0. The van der Waals surface area contributed by atoms with E-state index >= 15 is 0 Å². The molecule has 3 rings (SSSR count). The molecule has 2 amide bonds. The molecule has 0 aromatic heterocycles. The van der Waals surface area contributed by atoms with E-state index in [4.69, 9.17) is 0 Å². The smallest absolute Gasteiger partial charge is 0.337 e. The van der Waals surface area contributed by atoms with Crippen LogP contribution in [-0.2, 0) is 9.53 Å². The van der Waals surface area contributed by atoms with E-state index in [-0.39, 0.29) is 16.9 Å². The minimum Gasteiger partial charge on any atom is -0.465 e. The standard InChI is InChI=1S/C24H18BrN3O6/c1-34-24(31)17-3-2-4-19(14-17)26-23(30)21(13-15-5-11-20(12-6-15)28(32)33)27-22(29)16-7-9-18(25)10-8-16/h2-14H,1H3,(H,26,30)(H,27,29). The zero-order valence-corrected chi connectivity index (χ0v) is 19.4. The topological polar surface area (TPSA) is 128 Å². The molecule has 0 radical (unpaired) electrons. The van der Waals surface area contributed by atoms with Crippen LogP contribution in [0.3, 0.4) is 0 Å². The molecule has 0 aliphatic carbocycles. The number of rotatable bonds is 7. The van der Waals surface area contributed by atoms with Gasteiger partial charge in [0, 0.05) is 27.9 Å². The van der Waals surface area contributed by atoms with Gasteiger partial charge in [0.25, 0.3) is 17.5 Å². The average molecular weight is 524 g/mol. The molecule has 34 heavy (non-hydrogen) atoms. The number of nitrogens with zero attached hydrogens (tertiary/aromatic N) is 1. The fourth-order valence-corrected chi connectivity index (χ4v) is 3.12.